The molecule has 4 rings (SSSR count). The number of ketones is 1. The van der Waals surface area contributed by atoms with E-state index in [2.05, 4.69) is 22.9 Å². The number of hydrogen-bond donors (Lipinski definition) is 1. The van der Waals surface area contributed by atoms with Gasteiger partial charge in [0.25, 0.3) is 0 Å². The molecule has 0 radical (unpaired) electrons. The highest BCUT2D eigenvalue weighted by Gasteiger charge is 2.71. The Hall–Kier alpha value is -0.230. The summed E-state index contributed by atoms with van der Waals surface area (Å²) in [5, 5.41) is 9.82. The number of Topliss-reactive ketones (excluding diaryl/α,β-unsaturated/α-hetero) is 1. The lowest BCUT2D eigenvalue weighted by Gasteiger charge is -2.49. The van der Waals surface area contributed by atoms with E-state index in [1.54, 1.807) is 0 Å². The molecule has 3 aliphatic carbocycles. The predicted molar refractivity (Wildman–Crippen MR) is 73.0 cm³/mol. The van der Waals surface area contributed by atoms with Gasteiger partial charge in [-0.05, 0) is 17.3 Å². The molecule has 2 fully saturated rings. The zero-order valence-corrected chi connectivity index (χ0v) is 12.6. The van der Waals surface area contributed by atoms with Gasteiger partial charge in [0.2, 0.25) is 0 Å². The summed E-state index contributed by atoms with van der Waals surface area (Å²) in [6.07, 6.45) is 4.41. The molecule has 4 aliphatic rings. The van der Waals surface area contributed by atoms with Crippen molar-refractivity contribution in [1.82, 2.24) is 0 Å². The maximum Gasteiger partial charge on any atom is 0.182 e. The Balaban J connectivity index is 1.89. The average Bonchev–Trinajstić information content (AvgIpc) is 3.19. The fourth-order valence-corrected chi connectivity index (χ4v) is 4.33. The van der Waals surface area contributed by atoms with Crippen molar-refractivity contribution in [3.63, 3.8) is 0 Å². The van der Waals surface area contributed by atoms with Crippen molar-refractivity contribution < 1.29 is 19.4 Å². The number of carbonyl (C=O) groups excluding carboxylic acids is 1. The van der Waals surface area contributed by atoms with Crippen molar-refractivity contribution in [1.29, 1.82) is 0 Å². The van der Waals surface area contributed by atoms with Gasteiger partial charge in [-0.3, -0.25) is 4.79 Å². The van der Waals surface area contributed by atoms with Crippen LogP contribution in [0.4, 0.5) is 0 Å². The Morgan fingerprint density at radius 2 is 2.37 bits per heavy atom. The Morgan fingerprint density at radius 3 is 2.95 bits per heavy atom. The molecular formula is C14H19BrO4. The van der Waals surface area contributed by atoms with E-state index in [0.717, 1.165) is 23.7 Å². The Kier molecular flexibility index (Phi) is 3.37. The molecule has 0 aromatic rings. The molecule has 1 aliphatic heterocycles. The number of hydrogen-bond acceptors (Lipinski definition) is 4. The Morgan fingerprint density at radius 1 is 1.63 bits per heavy atom. The largest absolute Gasteiger partial charge is 0.395 e. The maximum absolute atomic E-state index is 12.7. The van der Waals surface area contributed by atoms with Crippen LogP contribution in [0.1, 0.15) is 26.2 Å². The second-order valence-corrected chi connectivity index (χ2v) is 6.65. The molecule has 0 unspecified atom stereocenters. The molecule has 1 spiro atoms. The first-order valence-electron chi connectivity index (χ1n) is 6.90. The van der Waals surface area contributed by atoms with Crippen LogP contribution in [-0.4, -0.2) is 42.4 Å². The summed E-state index contributed by atoms with van der Waals surface area (Å²) < 4.78 is 12.3. The van der Waals surface area contributed by atoms with Gasteiger partial charge in [0.05, 0.1) is 19.3 Å². The van der Waals surface area contributed by atoms with Gasteiger partial charge in [-0.15, -0.1) is 0 Å². The first-order chi connectivity index (χ1) is 9.10. The molecule has 106 valence electrons. The van der Waals surface area contributed by atoms with Crippen LogP contribution in [0.5, 0.6) is 0 Å². The van der Waals surface area contributed by atoms with Crippen LogP contribution in [0.3, 0.4) is 0 Å². The third kappa shape index (κ3) is 1.78. The van der Waals surface area contributed by atoms with Gasteiger partial charge in [-0.25, -0.2) is 0 Å². The van der Waals surface area contributed by atoms with E-state index in [9.17, 15) is 9.90 Å². The van der Waals surface area contributed by atoms with Crippen LogP contribution < -0.4 is 0 Å². The number of ether oxygens (including phenoxy) is 2. The number of aliphatic hydroxyl groups excluding tert-OH is 1. The summed E-state index contributed by atoms with van der Waals surface area (Å²) >= 11 is 3.54. The van der Waals surface area contributed by atoms with Gasteiger partial charge in [0, 0.05) is 12.5 Å². The van der Waals surface area contributed by atoms with E-state index in [4.69, 9.17) is 9.47 Å². The highest BCUT2D eigenvalue weighted by molar-refractivity contribution is 9.11. The summed E-state index contributed by atoms with van der Waals surface area (Å²) in [6, 6.07) is 0. The van der Waals surface area contributed by atoms with Crippen LogP contribution in [0.25, 0.3) is 0 Å². The van der Waals surface area contributed by atoms with E-state index >= 15 is 0 Å². The molecule has 1 saturated carbocycles. The number of fused-ring (bicyclic) bond motifs is 1. The second-order valence-electron chi connectivity index (χ2n) is 5.74. The van der Waals surface area contributed by atoms with Crippen molar-refractivity contribution in [2.45, 2.75) is 37.9 Å². The van der Waals surface area contributed by atoms with Crippen molar-refractivity contribution in [3.05, 3.63) is 10.6 Å². The number of aliphatic hydroxyl groups is 1. The van der Waals surface area contributed by atoms with Crippen LogP contribution >= 0.6 is 15.9 Å². The molecule has 0 aromatic carbocycles. The number of halogens is 1. The zero-order valence-electron chi connectivity index (χ0n) is 11.0. The lowest BCUT2D eigenvalue weighted by atomic mass is 9.58. The zero-order chi connectivity index (χ0) is 13.7. The minimum absolute atomic E-state index is 0.00319. The van der Waals surface area contributed by atoms with E-state index in [1.807, 2.05) is 6.08 Å². The average molecular weight is 331 g/mol. The fraction of sp³-hybridized carbons (Fsp3) is 0.786. The molecule has 4 atom stereocenters. The molecule has 19 heavy (non-hydrogen) atoms. The highest BCUT2D eigenvalue weighted by Crippen LogP contribution is 2.59. The second kappa shape index (κ2) is 4.65. The van der Waals surface area contributed by atoms with E-state index in [-0.39, 0.29) is 24.4 Å². The quantitative estimate of drug-likeness (QED) is 0.616. The molecule has 0 aromatic heterocycles. The van der Waals surface area contributed by atoms with Crippen molar-refractivity contribution in [2.24, 2.45) is 11.3 Å². The van der Waals surface area contributed by atoms with Crippen LogP contribution in [0, 0.1) is 11.3 Å². The predicted octanol–water partition coefficient (Wildman–Crippen LogP) is 1.80. The molecule has 1 saturated heterocycles. The fourth-order valence-electron chi connectivity index (χ4n) is 3.37. The van der Waals surface area contributed by atoms with Crippen molar-refractivity contribution in [3.8, 4) is 0 Å². The van der Waals surface area contributed by atoms with Gasteiger partial charge in [-0.1, -0.05) is 35.4 Å². The number of epoxide rings is 1. The first kappa shape index (κ1) is 13.7. The van der Waals surface area contributed by atoms with Crippen LogP contribution in [-0.2, 0) is 14.3 Å². The normalized spacial score (nSPS) is 43.7. The summed E-state index contributed by atoms with van der Waals surface area (Å²) in [5.74, 6) is 0.0588. The number of carbonyl (C=O) groups is 1. The van der Waals surface area contributed by atoms with Gasteiger partial charge in [-0.2, -0.15) is 0 Å². The molecule has 5 heteroatoms. The molecular weight excluding hydrogens is 312 g/mol. The minimum atomic E-state index is -0.919. The van der Waals surface area contributed by atoms with Crippen molar-refractivity contribution in [2.75, 3.05) is 19.8 Å². The molecule has 0 amide bonds. The van der Waals surface area contributed by atoms with E-state index < -0.39 is 11.0 Å². The summed E-state index contributed by atoms with van der Waals surface area (Å²) in [5.41, 5.74) is -1.60. The number of rotatable bonds is 5. The summed E-state index contributed by atoms with van der Waals surface area (Å²) in [6.45, 7) is 3.01. The Labute approximate surface area is 121 Å². The highest BCUT2D eigenvalue weighted by atomic mass is 79.9. The molecule has 1 heterocycles. The van der Waals surface area contributed by atoms with Crippen LogP contribution in [0.2, 0.25) is 0 Å². The van der Waals surface area contributed by atoms with Crippen molar-refractivity contribution >= 4 is 21.7 Å². The Bertz CT molecular complexity index is 429. The summed E-state index contributed by atoms with van der Waals surface area (Å²) in [4.78, 5) is 12.7. The third-order valence-electron chi connectivity index (χ3n) is 4.66. The minimum Gasteiger partial charge on any atom is -0.395 e. The SMILES string of the molecule is CCCCO[C@H]1C[C@H]2C(Br)=C[C@@]1(CO)C(=O)[C@]21CO1. The van der Waals surface area contributed by atoms with Gasteiger partial charge in [0.15, 0.2) is 11.4 Å². The topological polar surface area (TPSA) is 59.1 Å². The first-order valence-corrected chi connectivity index (χ1v) is 7.69. The molecule has 2 bridgehead atoms. The van der Waals surface area contributed by atoms with E-state index in [1.165, 1.54) is 0 Å². The monoisotopic (exact) mass is 330 g/mol. The maximum atomic E-state index is 12.7. The van der Waals surface area contributed by atoms with Gasteiger partial charge < -0.3 is 14.6 Å². The molecule has 1 N–H and O–H groups in total. The molecule has 4 nitrogen and oxygen atoms in total. The van der Waals surface area contributed by atoms with E-state index in [0.29, 0.717) is 13.2 Å². The number of unbranched alkanes of at least 4 members (excludes halogenated alkanes) is 1. The van der Waals surface area contributed by atoms with Gasteiger partial charge in [0.1, 0.15) is 5.41 Å². The third-order valence-corrected chi connectivity index (χ3v) is 5.44. The standard InChI is InChI=1S/C14H19BrO4/c1-2-3-4-18-11-5-9-10(15)6-13(11,7-16)12(17)14(9)8-19-14/h6,9,11,16H,2-5,7-8H2,1H3/t9-,11-,13-,14-/m0/s1. The smallest absolute Gasteiger partial charge is 0.182 e. The van der Waals surface area contributed by atoms with Crippen LogP contribution in [0.15, 0.2) is 10.6 Å². The summed E-state index contributed by atoms with van der Waals surface area (Å²) in [7, 11) is 0. The lowest BCUT2D eigenvalue weighted by Crippen LogP contribution is -2.62. The van der Waals surface area contributed by atoms with Gasteiger partial charge >= 0.3 is 0 Å². The lowest BCUT2D eigenvalue weighted by molar-refractivity contribution is -0.158.